The summed E-state index contributed by atoms with van der Waals surface area (Å²) < 4.78 is 6.37. The van der Waals surface area contributed by atoms with Crippen LogP contribution in [0.5, 0.6) is 5.75 Å². The van der Waals surface area contributed by atoms with Gasteiger partial charge in [0.15, 0.2) is 6.61 Å². The van der Waals surface area contributed by atoms with Crippen molar-refractivity contribution in [3.63, 3.8) is 0 Å². The van der Waals surface area contributed by atoms with Crippen molar-refractivity contribution in [3.05, 3.63) is 28.2 Å². The Hall–Kier alpha value is -1.07. The highest BCUT2D eigenvalue weighted by Crippen LogP contribution is 2.23. The minimum Gasteiger partial charge on any atom is -0.483 e. The highest BCUT2D eigenvalue weighted by Gasteiger charge is 2.16. The summed E-state index contributed by atoms with van der Waals surface area (Å²) in [4.78, 5) is 11.8. The molecule has 1 aliphatic rings. The van der Waals surface area contributed by atoms with E-state index in [0.29, 0.717) is 17.4 Å². The SMILES string of the molecule is O=C(COc1ccc(Br)cc1CO)NC1CCCCC1. The number of ether oxygens (including phenoxy) is 1. The standard InChI is InChI=1S/C15H20BrNO3/c16-12-6-7-14(11(8-12)9-18)20-10-15(19)17-13-4-2-1-3-5-13/h6-8,13,18H,1-5,9-10H2,(H,17,19). The van der Waals surface area contributed by atoms with Crippen LogP contribution in [0.1, 0.15) is 37.7 Å². The average Bonchev–Trinajstić information content (AvgIpc) is 2.47. The maximum Gasteiger partial charge on any atom is 0.258 e. The molecule has 2 N–H and O–H groups in total. The number of hydrogen-bond donors (Lipinski definition) is 2. The van der Waals surface area contributed by atoms with Gasteiger partial charge in [-0.15, -0.1) is 0 Å². The topological polar surface area (TPSA) is 58.6 Å². The number of aliphatic hydroxyl groups excluding tert-OH is 1. The minimum atomic E-state index is -0.112. The quantitative estimate of drug-likeness (QED) is 0.865. The molecule has 1 fully saturated rings. The Labute approximate surface area is 127 Å². The first-order chi connectivity index (χ1) is 9.69. The zero-order valence-corrected chi connectivity index (χ0v) is 13.0. The Bertz CT molecular complexity index is 458. The van der Waals surface area contributed by atoms with E-state index in [1.807, 2.05) is 6.07 Å². The van der Waals surface area contributed by atoms with Crippen molar-refractivity contribution in [1.82, 2.24) is 5.32 Å². The van der Waals surface area contributed by atoms with Crippen molar-refractivity contribution >= 4 is 21.8 Å². The third-order valence-electron chi connectivity index (χ3n) is 3.52. The largest absolute Gasteiger partial charge is 0.483 e. The van der Waals surface area contributed by atoms with E-state index >= 15 is 0 Å². The molecule has 2 rings (SSSR count). The molecule has 20 heavy (non-hydrogen) atoms. The van der Waals surface area contributed by atoms with E-state index in [0.717, 1.165) is 17.3 Å². The van der Waals surface area contributed by atoms with Crippen LogP contribution in [0.25, 0.3) is 0 Å². The third kappa shape index (κ3) is 4.49. The Balaban J connectivity index is 1.83. The van der Waals surface area contributed by atoms with E-state index in [2.05, 4.69) is 21.2 Å². The summed E-state index contributed by atoms with van der Waals surface area (Å²) in [6.45, 7) is -0.121. The van der Waals surface area contributed by atoms with Crippen molar-refractivity contribution in [1.29, 1.82) is 0 Å². The number of nitrogens with one attached hydrogen (secondary N) is 1. The number of carbonyl (C=O) groups excluding carboxylic acids is 1. The molecule has 0 aromatic heterocycles. The molecule has 0 saturated heterocycles. The molecule has 0 aliphatic heterocycles. The van der Waals surface area contributed by atoms with E-state index in [1.54, 1.807) is 12.1 Å². The van der Waals surface area contributed by atoms with Gasteiger partial charge in [-0.3, -0.25) is 4.79 Å². The second-order valence-corrected chi connectivity index (χ2v) is 6.02. The van der Waals surface area contributed by atoms with Gasteiger partial charge in [-0.05, 0) is 31.0 Å². The predicted molar refractivity (Wildman–Crippen MR) is 80.6 cm³/mol. The molecule has 1 amide bonds. The fraction of sp³-hybridized carbons (Fsp3) is 0.533. The molecule has 1 aromatic carbocycles. The van der Waals surface area contributed by atoms with Crippen molar-refractivity contribution in [2.75, 3.05) is 6.61 Å². The van der Waals surface area contributed by atoms with Crippen LogP contribution in [0.2, 0.25) is 0 Å². The number of amides is 1. The van der Waals surface area contributed by atoms with Gasteiger partial charge in [0.05, 0.1) is 6.61 Å². The first-order valence-corrected chi connectivity index (χ1v) is 7.80. The van der Waals surface area contributed by atoms with Crippen molar-refractivity contribution in [2.24, 2.45) is 0 Å². The maximum absolute atomic E-state index is 11.8. The first-order valence-electron chi connectivity index (χ1n) is 7.00. The molecule has 0 spiro atoms. The van der Waals surface area contributed by atoms with Crippen LogP contribution in [-0.2, 0) is 11.4 Å². The lowest BCUT2D eigenvalue weighted by molar-refractivity contribution is -0.124. The first kappa shape index (κ1) is 15.3. The number of benzene rings is 1. The van der Waals surface area contributed by atoms with Crippen LogP contribution in [0.15, 0.2) is 22.7 Å². The second kappa shape index (κ2) is 7.64. The lowest BCUT2D eigenvalue weighted by Gasteiger charge is -2.22. The second-order valence-electron chi connectivity index (χ2n) is 5.10. The Morgan fingerprint density at radius 2 is 2.10 bits per heavy atom. The molecule has 0 atom stereocenters. The van der Waals surface area contributed by atoms with Gasteiger partial charge in [-0.2, -0.15) is 0 Å². The summed E-state index contributed by atoms with van der Waals surface area (Å²) in [7, 11) is 0. The van der Waals surface area contributed by atoms with Gasteiger partial charge in [0.1, 0.15) is 5.75 Å². The molecule has 0 radical (unpaired) electrons. The molecule has 1 aliphatic carbocycles. The number of carbonyl (C=O) groups is 1. The summed E-state index contributed by atoms with van der Waals surface area (Å²) in [5.74, 6) is 0.457. The Morgan fingerprint density at radius 3 is 2.80 bits per heavy atom. The van der Waals surface area contributed by atoms with Gasteiger partial charge in [0.2, 0.25) is 0 Å². The van der Waals surface area contributed by atoms with Crippen molar-refractivity contribution < 1.29 is 14.6 Å². The zero-order valence-electron chi connectivity index (χ0n) is 11.4. The van der Waals surface area contributed by atoms with E-state index in [4.69, 9.17) is 4.74 Å². The van der Waals surface area contributed by atoms with Gasteiger partial charge in [-0.25, -0.2) is 0 Å². The number of halogens is 1. The molecule has 1 saturated carbocycles. The molecular weight excluding hydrogens is 322 g/mol. The van der Waals surface area contributed by atoms with Crippen LogP contribution in [0.4, 0.5) is 0 Å². The molecule has 0 bridgehead atoms. The van der Waals surface area contributed by atoms with Crippen LogP contribution >= 0.6 is 15.9 Å². The lowest BCUT2D eigenvalue weighted by Crippen LogP contribution is -2.39. The summed E-state index contributed by atoms with van der Waals surface area (Å²) in [5.41, 5.74) is 0.671. The van der Waals surface area contributed by atoms with Crippen LogP contribution in [0.3, 0.4) is 0 Å². The lowest BCUT2D eigenvalue weighted by atomic mass is 9.95. The number of aliphatic hydroxyl groups is 1. The Kier molecular flexibility index (Phi) is 5.86. The molecule has 110 valence electrons. The minimum absolute atomic E-state index is 0.00880. The van der Waals surface area contributed by atoms with E-state index in [9.17, 15) is 9.90 Å². The highest BCUT2D eigenvalue weighted by molar-refractivity contribution is 9.10. The smallest absolute Gasteiger partial charge is 0.258 e. The highest BCUT2D eigenvalue weighted by atomic mass is 79.9. The third-order valence-corrected chi connectivity index (χ3v) is 4.02. The predicted octanol–water partition coefficient (Wildman–Crippen LogP) is 2.77. The van der Waals surface area contributed by atoms with E-state index < -0.39 is 0 Å². The molecule has 0 unspecified atom stereocenters. The maximum atomic E-state index is 11.8. The van der Waals surface area contributed by atoms with Crippen LogP contribution < -0.4 is 10.1 Å². The monoisotopic (exact) mass is 341 g/mol. The van der Waals surface area contributed by atoms with E-state index in [-0.39, 0.29) is 19.1 Å². The number of hydrogen-bond acceptors (Lipinski definition) is 3. The summed E-state index contributed by atoms with van der Waals surface area (Å²) >= 11 is 3.34. The summed E-state index contributed by atoms with van der Waals surface area (Å²) in [5, 5.41) is 12.3. The normalized spacial score (nSPS) is 15.9. The van der Waals surface area contributed by atoms with E-state index in [1.165, 1.54) is 19.3 Å². The van der Waals surface area contributed by atoms with Gasteiger partial charge < -0.3 is 15.2 Å². The molecule has 0 heterocycles. The summed E-state index contributed by atoms with van der Waals surface area (Å²) in [6.07, 6.45) is 5.76. The van der Waals surface area contributed by atoms with Crippen LogP contribution in [-0.4, -0.2) is 23.7 Å². The van der Waals surface area contributed by atoms with Gasteiger partial charge in [-0.1, -0.05) is 35.2 Å². The molecule has 1 aromatic rings. The van der Waals surface area contributed by atoms with Gasteiger partial charge in [0, 0.05) is 16.1 Å². The molecule has 4 nitrogen and oxygen atoms in total. The fourth-order valence-corrected chi connectivity index (χ4v) is 2.88. The van der Waals surface area contributed by atoms with Gasteiger partial charge in [0.25, 0.3) is 5.91 Å². The van der Waals surface area contributed by atoms with Gasteiger partial charge >= 0.3 is 0 Å². The fourth-order valence-electron chi connectivity index (χ4n) is 2.47. The van der Waals surface area contributed by atoms with Crippen LogP contribution in [0, 0.1) is 0 Å². The Morgan fingerprint density at radius 1 is 1.35 bits per heavy atom. The number of rotatable bonds is 5. The molecular formula is C15H20BrNO3. The average molecular weight is 342 g/mol. The summed E-state index contributed by atoms with van der Waals surface area (Å²) in [6, 6.07) is 5.66. The van der Waals surface area contributed by atoms with Crippen molar-refractivity contribution in [2.45, 2.75) is 44.8 Å². The zero-order chi connectivity index (χ0) is 14.4. The van der Waals surface area contributed by atoms with Crippen molar-refractivity contribution in [3.8, 4) is 5.75 Å². The molecule has 5 heteroatoms.